The molecule has 0 bridgehead atoms. The predicted octanol–water partition coefficient (Wildman–Crippen LogP) is 1.47. The second kappa shape index (κ2) is 6.17. The monoisotopic (exact) mass is 252 g/mol. The molecule has 4 heteroatoms. The number of aryl methyl sites for hydroxylation is 1. The lowest BCUT2D eigenvalue weighted by Gasteiger charge is -2.26. The second-order valence-electron chi connectivity index (χ2n) is 4.48. The molecule has 1 fully saturated rings. The maximum Gasteiger partial charge on any atom is 0.0363 e. The SMILES string of the molecule is Cc1ccc(NCCN2CCS(=O)CC2)cc1. The van der Waals surface area contributed by atoms with Gasteiger partial charge in [-0.25, -0.2) is 0 Å². The van der Waals surface area contributed by atoms with Crippen LogP contribution in [0.5, 0.6) is 0 Å². The van der Waals surface area contributed by atoms with Crippen molar-refractivity contribution in [2.24, 2.45) is 0 Å². The number of benzene rings is 1. The third-order valence-electron chi connectivity index (χ3n) is 3.08. The molecule has 0 amide bonds. The zero-order chi connectivity index (χ0) is 12.1. The van der Waals surface area contributed by atoms with Gasteiger partial charge in [0.05, 0.1) is 0 Å². The number of nitrogens with zero attached hydrogens (tertiary/aromatic N) is 1. The Labute approximate surface area is 106 Å². The summed E-state index contributed by atoms with van der Waals surface area (Å²) in [4.78, 5) is 2.38. The zero-order valence-electron chi connectivity index (χ0n) is 10.3. The van der Waals surface area contributed by atoms with Crippen molar-refractivity contribution >= 4 is 16.5 Å². The molecule has 94 valence electrons. The minimum atomic E-state index is -0.567. The smallest absolute Gasteiger partial charge is 0.0363 e. The summed E-state index contributed by atoms with van der Waals surface area (Å²) >= 11 is 0. The first kappa shape index (κ1) is 12.6. The summed E-state index contributed by atoms with van der Waals surface area (Å²) in [7, 11) is -0.567. The quantitative estimate of drug-likeness (QED) is 0.881. The molecule has 0 atom stereocenters. The Morgan fingerprint density at radius 2 is 1.88 bits per heavy atom. The molecule has 17 heavy (non-hydrogen) atoms. The van der Waals surface area contributed by atoms with Crippen molar-refractivity contribution in [2.45, 2.75) is 6.92 Å². The summed E-state index contributed by atoms with van der Waals surface area (Å²) in [5.41, 5.74) is 2.46. The van der Waals surface area contributed by atoms with Crippen LogP contribution < -0.4 is 5.32 Å². The fraction of sp³-hybridized carbons (Fsp3) is 0.538. The van der Waals surface area contributed by atoms with E-state index in [-0.39, 0.29) is 0 Å². The average Bonchev–Trinajstić information content (AvgIpc) is 2.34. The maximum atomic E-state index is 11.2. The van der Waals surface area contributed by atoms with E-state index in [2.05, 4.69) is 41.4 Å². The van der Waals surface area contributed by atoms with Crippen molar-refractivity contribution in [3.8, 4) is 0 Å². The fourth-order valence-electron chi connectivity index (χ4n) is 1.93. The van der Waals surface area contributed by atoms with Gasteiger partial charge in [0, 0.05) is 54.2 Å². The van der Waals surface area contributed by atoms with Crippen LogP contribution in [0.2, 0.25) is 0 Å². The minimum Gasteiger partial charge on any atom is -0.384 e. The van der Waals surface area contributed by atoms with Crippen LogP contribution in [0.4, 0.5) is 5.69 Å². The standard InChI is InChI=1S/C13H20N2OS/c1-12-2-4-13(5-3-12)14-6-7-15-8-10-17(16)11-9-15/h2-5,14H,6-11H2,1H3. The first-order chi connectivity index (χ1) is 8.24. The van der Waals surface area contributed by atoms with E-state index in [0.717, 1.165) is 37.7 Å². The van der Waals surface area contributed by atoms with Gasteiger partial charge in [0.25, 0.3) is 0 Å². The van der Waals surface area contributed by atoms with E-state index in [1.807, 2.05) is 0 Å². The molecule has 1 aromatic rings. The highest BCUT2D eigenvalue weighted by Gasteiger charge is 2.13. The molecule has 1 N–H and O–H groups in total. The first-order valence-electron chi connectivity index (χ1n) is 6.12. The molecule has 1 aliphatic rings. The van der Waals surface area contributed by atoms with Crippen LogP contribution in [0.25, 0.3) is 0 Å². The summed E-state index contributed by atoms with van der Waals surface area (Å²) in [6.45, 7) is 6.03. The molecule has 0 radical (unpaired) electrons. The number of nitrogens with one attached hydrogen (secondary N) is 1. The van der Waals surface area contributed by atoms with Gasteiger partial charge in [0.15, 0.2) is 0 Å². The van der Waals surface area contributed by atoms with Gasteiger partial charge in [-0.15, -0.1) is 0 Å². The topological polar surface area (TPSA) is 32.3 Å². The van der Waals surface area contributed by atoms with Gasteiger partial charge in [-0.1, -0.05) is 17.7 Å². The highest BCUT2D eigenvalue weighted by Crippen LogP contribution is 2.08. The highest BCUT2D eigenvalue weighted by molar-refractivity contribution is 7.85. The average molecular weight is 252 g/mol. The van der Waals surface area contributed by atoms with Crippen molar-refractivity contribution in [2.75, 3.05) is 43.0 Å². The largest absolute Gasteiger partial charge is 0.384 e. The molecule has 1 aliphatic heterocycles. The van der Waals surface area contributed by atoms with Gasteiger partial charge in [-0.05, 0) is 19.1 Å². The molecule has 0 saturated carbocycles. The maximum absolute atomic E-state index is 11.2. The van der Waals surface area contributed by atoms with Crippen molar-refractivity contribution in [3.63, 3.8) is 0 Å². The molecule has 2 rings (SSSR count). The Hall–Kier alpha value is -0.870. The Morgan fingerprint density at radius 1 is 1.24 bits per heavy atom. The van der Waals surface area contributed by atoms with Gasteiger partial charge < -0.3 is 5.32 Å². The number of anilines is 1. The molecular formula is C13H20N2OS. The Kier molecular flexibility index (Phi) is 4.57. The van der Waals surface area contributed by atoms with Crippen LogP contribution in [-0.2, 0) is 10.8 Å². The molecule has 1 heterocycles. The Bertz CT molecular complexity index is 368. The molecule has 0 spiro atoms. The van der Waals surface area contributed by atoms with Gasteiger partial charge in [0.1, 0.15) is 0 Å². The van der Waals surface area contributed by atoms with Gasteiger partial charge in [-0.2, -0.15) is 0 Å². The summed E-state index contributed by atoms with van der Waals surface area (Å²) < 4.78 is 11.2. The lowest BCUT2D eigenvalue weighted by Crippen LogP contribution is -2.40. The Morgan fingerprint density at radius 3 is 2.53 bits per heavy atom. The second-order valence-corrected chi connectivity index (χ2v) is 6.18. The number of hydrogen-bond acceptors (Lipinski definition) is 3. The Balaban J connectivity index is 1.69. The lowest BCUT2D eigenvalue weighted by atomic mass is 10.2. The fourth-order valence-corrected chi connectivity index (χ4v) is 3.06. The zero-order valence-corrected chi connectivity index (χ0v) is 11.1. The molecule has 1 aromatic carbocycles. The van der Waals surface area contributed by atoms with E-state index >= 15 is 0 Å². The van der Waals surface area contributed by atoms with Crippen molar-refractivity contribution in [3.05, 3.63) is 29.8 Å². The molecule has 0 unspecified atom stereocenters. The van der Waals surface area contributed by atoms with Gasteiger partial charge in [-0.3, -0.25) is 9.11 Å². The molecule has 0 aliphatic carbocycles. The molecule has 3 nitrogen and oxygen atoms in total. The minimum absolute atomic E-state index is 0.567. The van der Waals surface area contributed by atoms with Gasteiger partial charge >= 0.3 is 0 Å². The van der Waals surface area contributed by atoms with Gasteiger partial charge in [0.2, 0.25) is 0 Å². The van der Waals surface area contributed by atoms with E-state index < -0.39 is 10.8 Å². The predicted molar refractivity (Wildman–Crippen MR) is 74.0 cm³/mol. The lowest BCUT2D eigenvalue weighted by molar-refractivity contribution is 0.311. The summed E-state index contributed by atoms with van der Waals surface area (Å²) in [5.74, 6) is 1.68. The number of rotatable bonds is 4. The number of hydrogen-bond donors (Lipinski definition) is 1. The van der Waals surface area contributed by atoms with Crippen LogP contribution in [0.15, 0.2) is 24.3 Å². The summed E-state index contributed by atoms with van der Waals surface area (Å²) in [5, 5.41) is 3.41. The normalized spacial score (nSPS) is 18.2. The van der Waals surface area contributed by atoms with Crippen molar-refractivity contribution < 1.29 is 4.21 Å². The molecule has 1 saturated heterocycles. The van der Waals surface area contributed by atoms with Crippen molar-refractivity contribution in [1.29, 1.82) is 0 Å². The highest BCUT2D eigenvalue weighted by atomic mass is 32.2. The van der Waals surface area contributed by atoms with E-state index in [0.29, 0.717) is 0 Å². The van der Waals surface area contributed by atoms with Crippen LogP contribution >= 0.6 is 0 Å². The van der Waals surface area contributed by atoms with Crippen LogP contribution in [0.3, 0.4) is 0 Å². The first-order valence-corrected chi connectivity index (χ1v) is 7.61. The summed E-state index contributed by atoms with van der Waals surface area (Å²) in [6, 6.07) is 8.46. The van der Waals surface area contributed by atoms with E-state index in [9.17, 15) is 4.21 Å². The van der Waals surface area contributed by atoms with Crippen molar-refractivity contribution in [1.82, 2.24) is 4.90 Å². The van der Waals surface area contributed by atoms with Crippen LogP contribution in [0.1, 0.15) is 5.56 Å². The van der Waals surface area contributed by atoms with Crippen LogP contribution in [-0.4, -0.2) is 46.8 Å². The summed E-state index contributed by atoms with van der Waals surface area (Å²) in [6.07, 6.45) is 0. The third kappa shape index (κ3) is 4.13. The van der Waals surface area contributed by atoms with E-state index in [1.54, 1.807) is 0 Å². The van der Waals surface area contributed by atoms with E-state index in [1.165, 1.54) is 11.3 Å². The molecular weight excluding hydrogens is 232 g/mol. The third-order valence-corrected chi connectivity index (χ3v) is 4.35. The van der Waals surface area contributed by atoms with Crippen LogP contribution in [0, 0.1) is 6.92 Å². The molecule has 0 aromatic heterocycles. The van der Waals surface area contributed by atoms with E-state index in [4.69, 9.17) is 0 Å².